The number of sulfonamides is 1. The van der Waals surface area contributed by atoms with E-state index in [1.807, 2.05) is 19.1 Å². The summed E-state index contributed by atoms with van der Waals surface area (Å²) in [4.78, 5) is 0.0973. The summed E-state index contributed by atoms with van der Waals surface area (Å²) in [6.07, 6.45) is 0.712. The predicted octanol–water partition coefficient (Wildman–Crippen LogP) is 5.60. The van der Waals surface area contributed by atoms with Crippen LogP contribution in [0.2, 0.25) is 15.1 Å². The van der Waals surface area contributed by atoms with Crippen LogP contribution in [0.25, 0.3) is 0 Å². The van der Waals surface area contributed by atoms with Crippen LogP contribution in [-0.2, 0) is 29.6 Å². The Balaban J connectivity index is 1.60. The van der Waals surface area contributed by atoms with Gasteiger partial charge in [-0.1, -0.05) is 53.0 Å². The van der Waals surface area contributed by atoms with Crippen molar-refractivity contribution in [1.29, 1.82) is 0 Å². The summed E-state index contributed by atoms with van der Waals surface area (Å²) in [6.45, 7) is 3.81. The van der Waals surface area contributed by atoms with Crippen LogP contribution in [0, 0.1) is 0 Å². The van der Waals surface area contributed by atoms with Crippen LogP contribution < -0.4 is 19.9 Å². The molecule has 0 aliphatic carbocycles. The third-order valence-corrected chi connectivity index (χ3v) is 6.84. The van der Waals surface area contributed by atoms with E-state index in [-0.39, 0.29) is 11.5 Å². The topological polar surface area (TPSA) is 90.6 Å². The lowest BCUT2D eigenvalue weighted by atomic mass is 10.1. The van der Waals surface area contributed by atoms with Gasteiger partial charge < -0.3 is 14.8 Å². The fourth-order valence-electron chi connectivity index (χ4n) is 3.19. The molecule has 3 aromatic carbocycles. The zero-order valence-electron chi connectivity index (χ0n) is 18.5. The highest BCUT2D eigenvalue weighted by Crippen LogP contribution is 2.35. The lowest BCUT2D eigenvalue weighted by Crippen LogP contribution is -2.17. The molecule has 6 nitrogen and oxygen atoms in total. The minimum atomic E-state index is -3.69. The molecule has 3 N–H and O–H groups in total. The van der Waals surface area contributed by atoms with Gasteiger partial charge in [0.15, 0.2) is 11.5 Å². The lowest BCUT2D eigenvalue weighted by molar-refractivity contribution is 0.269. The van der Waals surface area contributed by atoms with Crippen LogP contribution in [0.3, 0.4) is 0 Å². The van der Waals surface area contributed by atoms with Gasteiger partial charge in [0.25, 0.3) is 0 Å². The molecule has 0 aliphatic rings. The molecule has 0 aromatic heterocycles. The monoisotopic (exact) mass is 542 g/mol. The molecule has 0 aliphatic heterocycles. The Morgan fingerprint density at radius 2 is 1.56 bits per heavy atom. The van der Waals surface area contributed by atoms with E-state index in [2.05, 4.69) is 5.32 Å². The summed E-state index contributed by atoms with van der Waals surface area (Å²) in [7, 11) is -3.69. The second-order valence-electron chi connectivity index (χ2n) is 7.46. The van der Waals surface area contributed by atoms with Crippen molar-refractivity contribution >= 4 is 44.8 Å². The first-order valence-corrected chi connectivity index (χ1v) is 13.2. The summed E-state index contributed by atoms with van der Waals surface area (Å²) >= 11 is 18.7. The van der Waals surface area contributed by atoms with E-state index in [1.165, 1.54) is 12.1 Å². The third-order valence-electron chi connectivity index (χ3n) is 4.97. The van der Waals surface area contributed by atoms with Gasteiger partial charge in [-0.15, -0.1) is 0 Å². The van der Waals surface area contributed by atoms with Crippen LogP contribution >= 0.6 is 34.8 Å². The average molecular weight is 544 g/mol. The fourth-order valence-corrected chi connectivity index (χ4v) is 4.39. The number of ether oxygens (including phenoxy) is 2. The van der Waals surface area contributed by atoms with Crippen molar-refractivity contribution in [3.8, 4) is 11.5 Å². The number of hydrogen-bond acceptors (Lipinski definition) is 5. The largest absolute Gasteiger partial charge is 0.490 e. The molecule has 0 amide bonds. The maximum atomic E-state index is 11.4. The molecule has 10 heteroatoms. The van der Waals surface area contributed by atoms with Crippen molar-refractivity contribution in [2.45, 2.75) is 31.4 Å². The molecule has 0 bridgehead atoms. The van der Waals surface area contributed by atoms with E-state index in [0.29, 0.717) is 52.7 Å². The number of benzene rings is 3. The minimum absolute atomic E-state index is 0.0973. The molecular formula is C24H25Cl3N2O4S. The second-order valence-corrected chi connectivity index (χ2v) is 10.3. The standard InChI is InChI=1S/C24H25Cl3N2O4S/c1-2-32-23-11-18(14-29-10-9-16-3-7-20(8-4-16)34(28,30)31)22(27)13-24(23)33-15-17-5-6-19(25)12-21(17)26/h3-8,11-13,29H,2,9-10,14-15H2,1H3,(H2,28,30,31). The molecular weight excluding hydrogens is 519 g/mol. The second kappa shape index (κ2) is 12.1. The van der Waals surface area contributed by atoms with Gasteiger partial charge in [0.05, 0.1) is 11.5 Å². The number of halogens is 3. The molecule has 0 spiro atoms. The van der Waals surface area contributed by atoms with Crippen LogP contribution in [-0.4, -0.2) is 21.6 Å². The Morgan fingerprint density at radius 3 is 2.21 bits per heavy atom. The first-order valence-electron chi connectivity index (χ1n) is 10.5. The van der Waals surface area contributed by atoms with Crippen molar-refractivity contribution in [1.82, 2.24) is 5.32 Å². The lowest BCUT2D eigenvalue weighted by Gasteiger charge is -2.16. The fraction of sp³-hybridized carbons (Fsp3) is 0.250. The SMILES string of the molecule is CCOc1cc(CNCCc2ccc(S(N)(=O)=O)cc2)c(Cl)cc1OCc1ccc(Cl)cc1Cl. The molecule has 3 rings (SSSR count). The van der Waals surface area contributed by atoms with Crippen molar-refractivity contribution in [3.05, 3.63) is 86.4 Å². The average Bonchev–Trinajstić information content (AvgIpc) is 2.78. The summed E-state index contributed by atoms with van der Waals surface area (Å²) < 4.78 is 34.4. The van der Waals surface area contributed by atoms with Gasteiger partial charge in [0.2, 0.25) is 10.0 Å². The first-order chi connectivity index (χ1) is 16.2. The predicted molar refractivity (Wildman–Crippen MR) is 137 cm³/mol. The first kappa shape index (κ1) is 26.6. The van der Waals surface area contributed by atoms with E-state index in [4.69, 9.17) is 49.4 Å². The van der Waals surface area contributed by atoms with Gasteiger partial charge in [-0.05, 0) is 61.3 Å². The summed E-state index contributed by atoms with van der Waals surface area (Å²) in [5.74, 6) is 1.11. The molecule has 0 unspecified atom stereocenters. The zero-order valence-corrected chi connectivity index (χ0v) is 21.6. The van der Waals surface area contributed by atoms with E-state index in [1.54, 1.807) is 30.3 Å². The van der Waals surface area contributed by atoms with Crippen molar-refractivity contribution < 1.29 is 17.9 Å². The van der Waals surface area contributed by atoms with Crippen LogP contribution in [0.1, 0.15) is 23.6 Å². The molecule has 0 heterocycles. The molecule has 182 valence electrons. The summed E-state index contributed by atoms with van der Waals surface area (Å²) in [5.41, 5.74) is 2.66. The highest BCUT2D eigenvalue weighted by atomic mass is 35.5. The smallest absolute Gasteiger partial charge is 0.238 e. The maximum Gasteiger partial charge on any atom is 0.238 e. The number of nitrogens with two attached hydrogens (primary N) is 1. The molecule has 0 atom stereocenters. The molecule has 3 aromatic rings. The molecule has 0 fully saturated rings. The number of hydrogen-bond donors (Lipinski definition) is 2. The highest BCUT2D eigenvalue weighted by Gasteiger charge is 2.13. The van der Waals surface area contributed by atoms with E-state index in [0.717, 1.165) is 16.7 Å². The normalized spacial score (nSPS) is 11.4. The third kappa shape index (κ3) is 7.50. The van der Waals surface area contributed by atoms with Crippen LogP contribution in [0.5, 0.6) is 11.5 Å². The van der Waals surface area contributed by atoms with E-state index in [9.17, 15) is 8.42 Å². The Hall–Kier alpha value is -2.00. The number of nitrogens with one attached hydrogen (secondary N) is 1. The van der Waals surface area contributed by atoms with Crippen LogP contribution in [0.4, 0.5) is 0 Å². The Kier molecular flexibility index (Phi) is 9.47. The summed E-state index contributed by atoms with van der Waals surface area (Å²) in [5, 5.41) is 10.1. The van der Waals surface area contributed by atoms with Crippen LogP contribution in [0.15, 0.2) is 59.5 Å². The Bertz CT molecular complexity index is 1240. The summed E-state index contributed by atoms with van der Waals surface area (Å²) in [6, 6.07) is 15.3. The highest BCUT2D eigenvalue weighted by molar-refractivity contribution is 7.89. The Labute approximate surface area is 215 Å². The zero-order chi connectivity index (χ0) is 24.7. The van der Waals surface area contributed by atoms with Gasteiger partial charge in [0, 0.05) is 33.2 Å². The van der Waals surface area contributed by atoms with Gasteiger partial charge >= 0.3 is 0 Å². The van der Waals surface area contributed by atoms with Gasteiger partial charge in [-0.3, -0.25) is 0 Å². The Morgan fingerprint density at radius 1 is 0.882 bits per heavy atom. The van der Waals surface area contributed by atoms with E-state index < -0.39 is 10.0 Å². The minimum Gasteiger partial charge on any atom is -0.490 e. The van der Waals surface area contributed by atoms with Gasteiger partial charge in [0.1, 0.15) is 6.61 Å². The van der Waals surface area contributed by atoms with Crippen molar-refractivity contribution in [2.75, 3.05) is 13.2 Å². The van der Waals surface area contributed by atoms with E-state index >= 15 is 0 Å². The number of primary sulfonamides is 1. The molecule has 0 saturated carbocycles. The molecule has 0 saturated heterocycles. The maximum absolute atomic E-state index is 11.4. The molecule has 0 radical (unpaired) electrons. The molecule has 34 heavy (non-hydrogen) atoms. The van der Waals surface area contributed by atoms with Gasteiger partial charge in [-0.25, -0.2) is 13.6 Å². The van der Waals surface area contributed by atoms with Crippen molar-refractivity contribution in [2.24, 2.45) is 5.14 Å². The number of rotatable bonds is 11. The van der Waals surface area contributed by atoms with Gasteiger partial charge in [-0.2, -0.15) is 0 Å². The quantitative estimate of drug-likeness (QED) is 0.307. The van der Waals surface area contributed by atoms with Crippen molar-refractivity contribution in [3.63, 3.8) is 0 Å².